The third-order valence-electron chi connectivity index (χ3n) is 2.22. The Balaban J connectivity index is 2.58. The molecule has 5 nitrogen and oxygen atoms in total. The van der Waals surface area contributed by atoms with Gasteiger partial charge in [-0.1, -0.05) is 0 Å². The number of furan rings is 1. The number of ether oxygens (including phenoxy) is 1. The molecule has 0 atom stereocenters. The summed E-state index contributed by atoms with van der Waals surface area (Å²) in [6, 6.07) is 5.35. The van der Waals surface area contributed by atoms with Gasteiger partial charge in [-0.05, 0) is 25.5 Å². The van der Waals surface area contributed by atoms with Gasteiger partial charge in [0.2, 0.25) is 0 Å². The maximum absolute atomic E-state index is 11.7. The van der Waals surface area contributed by atoms with Gasteiger partial charge in [-0.25, -0.2) is 0 Å². The van der Waals surface area contributed by atoms with Gasteiger partial charge in [-0.3, -0.25) is 4.79 Å². The van der Waals surface area contributed by atoms with Crippen molar-refractivity contribution in [1.82, 2.24) is 5.32 Å². The van der Waals surface area contributed by atoms with E-state index in [9.17, 15) is 4.79 Å². The highest BCUT2D eigenvalue weighted by molar-refractivity contribution is 6.01. The quantitative estimate of drug-likeness (QED) is 0.472. The van der Waals surface area contributed by atoms with E-state index in [-0.39, 0.29) is 5.57 Å². The van der Waals surface area contributed by atoms with Crippen molar-refractivity contribution in [2.75, 3.05) is 20.3 Å². The Morgan fingerprint density at radius 2 is 2.39 bits per heavy atom. The molecule has 0 bridgehead atoms. The van der Waals surface area contributed by atoms with Crippen LogP contribution < -0.4 is 5.32 Å². The minimum atomic E-state index is -0.400. The Kier molecular flexibility index (Phi) is 5.68. The molecule has 0 aliphatic heterocycles. The van der Waals surface area contributed by atoms with E-state index in [1.807, 2.05) is 6.07 Å². The maximum Gasteiger partial charge on any atom is 0.262 e. The van der Waals surface area contributed by atoms with Gasteiger partial charge in [-0.15, -0.1) is 0 Å². The Labute approximate surface area is 106 Å². The van der Waals surface area contributed by atoms with Gasteiger partial charge in [0.25, 0.3) is 5.91 Å². The number of methoxy groups -OCH3 is 1. The predicted molar refractivity (Wildman–Crippen MR) is 66.5 cm³/mol. The molecule has 1 aromatic heterocycles. The second-order valence-corrected chi connectivity index (χ2v) is 3.72. The molecular weight excluding hydrogens is 232 g/mol. The number of hydrogen-bond acceptors (Lipinski definition) is 4. The lowest BCUT2D eigenvalue weighted by Gasteiger charge is -2.02. The van der Waals surface area contributed by atoms with Crippen LogP contribution in [0.15, 0.2) is 22.1 Å². The Bertz CT molecular complexity index is 469. The standard InChI is InChI=1S/C13H16N2O3/c1-10-4-5-12(18-10)8-11(9-14)13(16)15-6-3-7-17-2/h4-5,8H,3,6-7H2,1-2H3,(H,15,16). The molecule has 0 saturated heterocycles. The highest BCUT2D eigenvalue weighted by Gasteiger charge is 2.09. The van der Waals surface area contributed by atoms with Crippen LogP contribution in [0.2, 0.25) is 0 Å². The van der Waals surface area contributed by atoms with Gasteiger partial charge < -0.3 is 14.5 Å². The lowest BCUT2D eigenvalue weighted by atomic mass is 10.2. The summed E-state index contributed by atoms with van der Waals surface area (Å²) in [4.78, 5) is 11.7. The molecule has 0 saturated carbocycles. The average Bonchev–Trinajstić information content (AvgIpc) is 2.77. The van der Waals surface area contributed by atoms with E-state index in [0.29, 0.717) is 25.3 Å². The van der Waals surface area contributed by atoms with Crippen LogP contribution in [-0.4, -0.2) is 26.2 Å². The first-order chi connectivity index (χ1) is 8.67. The van der Waals surface area contributed by atoms with Crippen molar-refractivity contribution >= 4 is 12.0 Å². The molecule has 96 valence electrons. The zero-order valence-corrected chi connectivity index (χ0v) is 10.5. The van der Waals surface area contributed by atoms with Crippen LogP contribution in [0.1, 0.15) is 17.9 Å². The average molecular weight is 248 g/mol. The van der Waals surface area contributed by atoms with Crippen LogP contribution in [0.25, 0.3) is 6.08 Å². The summed E-state index contributed by atoms with van der Waals surface area (Å²) in [5.74, 6) is 0.831. The topological polar surface area (TPSA) is 75.3 Å². The van der Waals surface area contributed by atoms with E-state index in [1.165, 1.54) is 6.08 Å². The van der Waals surface area contributed by atoms with Crippen molar-refractivity contribution in [2.24, 2.45) is 0 Å². The van der Waals surface area contributed by atoms with Crippen LogP contribution in [0.4, 0.5) is 0 Å². The SMILES string of the molecule is COCCCNC(=O)C(C#N)=Cc1ccc(C)o1. The third-order valence-corrected chi connectivity index (χ3v) is 2.22. The first-order valence-electron chi connectivity index (χ1n) is 5.62. The molecule has 0 spiro atoms. The summed E-state index contributed by atoms with van der Waals surface area (Å²) < 4.78 is 10.1. The number of amides is 1. The first kappa shape index (κ1) is 14.0. The predicted octanol–water partition coefficient (Wildman–Crippen LogP) is 1.65. The van der Waals surface area contributed by atoms with Crippen LogP contribution in [0.5, 0.6) is 0 Å². The maximum atomic E-state index is 11.7. The zero-order valence-electron chi connectivity index (χ0n) is 10.5. The monoisotopic (exact) mass is 248 g/mol. The Hall–Kier alpha value is -2.06. The first-order valence-corrected chi connectivity index (χ1v) is 5.62. The summed E-state index contributed by atoms with van der Waals surface area (Å²) in [7, 11) is 1.60. The number of nitriles is 1. The number of carbonyl (C=O) groups is 1. The van der Waals surface area contributed by atoms with Gasteiger partial charge in [0, 0.05) is 26.3 Å². The number of nitrogens with zero attached hydrogens (tertiary/aromatic N) is 1. The van der Waals surface area contributed by atoms with Crippen molar-refractivity contribution < 1.29 is 13.9 Å². The smallest absolute Gasteiger partial charge is 0.262 e. The Morgan fingerprint density at radius 1 is 1.61 bits per heavy atom. The van der Waals surface area contributed by atoms with E-state index in [1.54, 1.807) is 26.2 Å². The van der Waals surface area contributed by atoms with Gasteiger partial charge in [0.15, 0.2) is 0 Å². The largest absolute Gasteiger partial charge is 0.462 e. The van der Waals surface area contributed by atoms with Crippen LogP contribution in [0, 0.1) is 18.3 Å². The summed E-state index contributed by atoms with van der Waals surface area (Å²) in [6.45, 7) is 2.85. The summed E-state index contributed by atoms with van der Waals surface area (Å²) >= 11 is 0. The molecule has 0 unspecified atom stereocenters. The molecular formula is C13H16N2O3. The molecule has 0 radical (unpaired) electrons. The fourth-order valence-corrected chi connectivity index (χ4v) is 1.34. The van der Waals surface area contributed by atoms with Crippen molar-refractivity contribution in [3.8, 4) is 6.07 Å². The molecule has 18 heavy (non-hydrogen) atoms. The van der Waals surface area contributed by atoms with Crippen molar-refractivity contribution in [3.05, 3.63) is 29.2 Å². The van der Waals surface area contributed by atoms with Gasteiger partial charge in [-0.2, -0.15) is 5.26 Å². The van der Waals surface area contributed by atoms with E-state index >= 15 is 0 Å². The highest BCUT2D eigenvalue weighted by Crippen LogP contribution is 2.10. The van der Waals surface area contributed by atoms with Gasteiger partial charge in [0.05, 0.1) is 0 Å². The lowest BCUT2D eigenvalue weighted by Crippen LogP contribution is -2.26. The number of carbonyl (C=O) groups excluding carboxylic acids is 1. The van der Waals surface area contributed by atoms with E-state index < -0.39 is 5.91 Å². The van der Waals surface area contributed by atoms with Crippen LogP contribution in [0.3, 0.4) is 0 Å². The van der Waals surface area contributed by atoms with Crippen molar-refractivity contribution in [3.63, 3.8) is 0 Å². The van der Waals surface area contributed by atoms with E-state index in [4.69, 9.17) is 14.4 Å². The van der Waals surface area contributed by atoms with E-state index in [2.05, 4.69) is 5.32 Å². The molecule has 0 aliphatic carbocycles. The summed E-state index contributed by atoms with van der Waals surface area (Å²) in [5, 5.41) is 11.6. The molecule has 0 fully saturated rings. The third kappa shape index (κ3) is 4.44. The fourth-order valence-electron chi connectivity index (χ4n) is 1.34. The molecule has 5 heteroatoms. The van der Waals surface area contributed by atoms with Gasteiger partial charge in [0.1, 0.15) is 23.2 Å². The number of hydrogen-bond donors (Lipinski definition) is 1. The fraction of sp³-hybridized carbons (Fsp3) is 0.385. The molecule has 1 rings (SSSR count). The molecule has 1 aromatic rings. The van der Waals surface area contributed by atoms with Crippen molar-refractivity contribution in [1.29, 1.82) is 5.26 Å². The van der Waals surface area contributed by atoms with E-state index in [0.717, 1.165) is 5.76 Å². The number of rotatable bonds is 6. The molecule has 0 aromatic carbocycles. The molecule has 1 amide bonds. The normalized spacial score (nSPS) is 11.1. The number of nitrogens with one attached hydrogen (secondary N) is 1. The van der Waals surface area contributed by atoms with Crippen LogP contribution in [-0.2, 0) is 9.53 Å². The molecule has 1 N–H and O–H groups in total. The van der Waals surface area contributed by atoms with Crippen LogP contribution >= 0.6 is 0 Å². The molecule has 1 heterocycles. The minimum Gasteiger partial charge on any atom is -0.462 e. The lowest BCUT2D eigenvalue weighted by molar-refractivity contribution is -0.117. The summed E-state index contributed by atoms with van der Waals surface area (Å²) in [5.41, 5.74) is 0.0294. The van der Waals surface area contributed by atoms with Crippen molar-refractivity contribution in [2.45, 2.75) is 13.3 Å². The Morgan fingerprint density at radius 3 is 2.94 bits per heavy atom. The van der Waals surface area contributed by atoms with Gasteiger partial charge >= 0.3 is 0 Å². The second-order valence-electron chi connectivity index (χ2n) is 3.72. The number of aryl methyl sites for hydroxylation is 1. The minimum absolute atomic E-state index is 0.0294. The molecule has 0 aliphatic rings. The summed E-state index contributed by atoms with van der Waals surface area (Å²) in [6.07, 6.45) is 2.14. The zero-order chi connectivity index (χ0) is 13.4. The second kappa shape index (κ2) is 7.30. The highest BCUT2D eigenvalue weighted by atomic mass is 16.5.